The summed E-state index contributed by atoms with van der Waals surface area (Å²) in [4.78, 5) is 11.6. The van der Waals surface area contributed by atoms with Crippen LogP contribution in [0, 0.1) is 0 Å². The fourth-order valence-corrected chi connectivity index (χ4v) is 2.46. The first-order valence-corrected chi connectivity index (χ1v) is 8.45. The molecule has 156 valence electrons. The lowest BCUT2D eigenvalue weighted by Crippen LogP contribution is -2.20. The Morgan fingerprint density at radius 1 is 0.897 bits per heavy atom. The molecule has 0 aliphatic rings. The van der Waals surface area contributed by atoms with Gasteiger partial charge in [0.05, 0.1) is 23.3 Å². The molecule has 2 aromatic carbocycles. The van der Waals surface area contributed by atoms with Crippen LogP contribution in [0.3, 0.4) is 0 Å². The molecule has 0 saturated carbocycles. The monoisotopic (exact) mass is 436 g/mol. The van der Waals surface area contributed by atoms with Crippen molar-refractivity contribution in [3.63, 3.8) is 0 Å². The van der Waals surface area contributed by atoms with Crippen LogP contribution in [0.1, 0.15) is 28.4 Å². The molecule has 4 nitrogen and oxygen atoms in total. The summed E-state index contributed by atoms with van der Waals surface area (Å²) in [6, 6.07) is 6.82. The van der Waals surface area contributed by atoms with Crippen LogP contribution in [0.25, 0.3) is 0 Å². The highest BCUT2D eigenvalue weighted by Crippen LogP contribution is 2.37. The second kappa shape index (κ2) is 8.68. The number of benzene rings is 2. The van der Waals surface area contributed by atoms with Gasteiger partial charge in [0, 0.05) is 11.4 Å². The molecule has 0 aliphatic heterocycles. The van der Waals surface area contributed by atoms with Gasteiger partial charge in [-0.3, -0.25) is 0 Å². The van der Waals surface area contributed by atoms with Crippen molar-refractivity contribution in [2.45, 2.75) is 19.3 Å². The van der Waals surface area contributed by atoms with E-state index in [0.29, 0.717) is 17.8 Å². The molecule has 0 atom stereocenters. The van der Waals surface area contributed by atoms with Crippen LogP contribution in [0.15, 0.2) is 42.5 Å². The third-order valence-corrected chi connectivity index (χ3v) is 3.70. The molecule has 2 N–H and O–H groups in total. The van der Waals surface area contributed by atoms with Crippen molar-refractivity contribution < 1.29 is 35.9 Å². The third-order valence-electron chi connectivity index (χ3n) is 3.50. The Balaban J connectivity index is 2.17. The summed E-state index contributed by atoms with van der Waals surface area (Å²) in [5.41, 5.74) is -2.77. The normalized spacial score (nSPS) is 11.7. The predicted octanol–water partition coefficient (Wildman–Crippen LogP) is 5.71. The topological polar surface area (TPSA) is 50.4 Å². The number of rotatable bonds is 4. The lowest BCUT2D eigenvalue weighted by Gasteiger charge is -2.16. The first-order chi connectivity index (χ1) is 13.4. The minimum absolute atomic E-state index is 0.0236. The van der Waals surface area contributed by atoms with Gasteiger partial charge in [-0.05, 0) is 61.6 Å². The SMILES string of the molecule is CCOC(=O)c1ccc(NC(=S)Nc2cc(C(F)(F)F)cc(C(F)(F)F)c2)cc1. The van der Waals surface area contributed by atoms with E-state index in [4.69, 9.17) is 17.0 Å². The third kappa shape index (κ3) is 6.34. The first-order valence-electron chi connectivity index (χ1n) is 8.05. The summed E-state index contributed by atoms with van der Waals surface area (Å²) in [6.45, 7) is 1.85. The van der Waals surface area contributed by atoms with Crippen molar-refractivity contribution >= 4 is 34.7 Å². The number of alkyl halides is 6. The number of halogens is 6. The molecule has 0 unspecified atom stereocenters. The standard InChI is InChI=1S/C18H14F6N2O2S/c1-2-28-15(27)10-3-5-13(6-4-10)25-16(29)26-14-8-11(17(19,20)21)7-12(9-14)18(22,23)24/h3-9H,2H2,1H3,(H2,25,26,29). The van der Waals surface area contributed by atoms with Crippen molar-refractivity contribution in [3.05, 3.63) is 59.2 Å². The minimum Gasteiger partial charge on any atom is -0.462 e. The average molecular weight is 436 g/mol. The Bertz CT molecular complexity index is 862. The minimum atomic E-state index is -4.96. The van der Waals surface area contributed by atoms with Gasteiger partial charge in [0.25, 0.3) is 0 Å². The number of anilines is 2. The van der Waals surface area contributed by atoms with Crippen molar-refractivity contribution in [1.29, 1.82) is 0 Å². The van der Waals surface area contributed by atoms with E-state index in [0.717, 1.165) is 0 Å². The van der Waals surface area contributed by atoms with Gasteiger partial charge in [0.15, 0.2) is 5.11 Å². The maximum atomic E-state index is 12.9. The molecule has 0 fully saturated rings. The Morgan fingerprint density at radius 3 is 1.83 bits per heavy atom. The smallest absolute Gasteiger partial charge is 0.416 e. The van der Waals surface area contributed by atoms with Crippen molar-refractivity contribution in [3.8, 4) is 0 Å². The molecule has 0 aliphatic carbocycles. The van der Waals surface area contributed by atoms with Gasteiger partial charge in [-0.15, -0.1) is 0 Å². The molecule has 2 rings (SSSR count). The van der Waals surface area contributed by atoms with Gasteiger partial charge < -0.3 is 15.4 Å². The van der Waals surface area contributed by atoms with Gasteiger partial charge in [-0.1, -0.05) is 0 Å². The van der Waals surface area contributed by atoms with E-state index in [1.165, 1.54) is 24.3 Å². The molecule has 0 bridgehead atoms. The van der Waals surface area contributed by atoms with Crippen LogP contribution >= 0.6 is 12.2 Å². The van der Waals surface area contributed by atoms with Crippen LogP contribution in [0.5, 0.6) is 0 Å². The molecule has 0 amide bonds. The maximum Gasteiger partial charge on any atom is 0.416 e. The summed E-state index contributed by atoms with van der Waals surface area (Å²) in [7, 11) is 0. The van der Waals surface area contributed by atoms with E-state index >= 15 is 0 Å². The van der Waals surface area contributed by atoms with Crippen molar-refractivity contribution in [1.82, 2.24) is 0 Å². The molecule has 2 aromatic rings. The summed E-state index contributed by atoms with van der Waals surface area (Å²) in [5, 5.41) is 4.68. The van der Waals surface area contributed by atoms with E-state index in [1.54, 1.807) is 6.92 Å². The van der Waals surface area contributed by atoms with Crippen LogP contribution < -0.4 is 10.6 Å². The predicted molar refractivity (Wildman–Crippen MR) is 98.7 cm³/mol. The Morgan fingerprint density at radius 2 is 1.38 bits per heavy atom. The number of hydrogen-bond donors (Lipinski definition) is 2. The quantitative estimate of drug-likeness (QED) is 0.365. The number of carbonyl (C=O) groups excluding carboxylic acids is 1. The summed E-state index contributed by atoms with van der Waals surface area (Å²) < 4.78 is 82.2. The van der Waals surface area contributed by atoms with Crippen molar-refractivity contribution in [2.24, 2.45) is 0 Å². The second-order valence-corrected chi connectivity index (χ2v) is 6.08. The van der Waals surface area contributed by atoms with E-state index < -0.39 is 35.1 Å². The molecule has 11 heteroatoms. The zero-order valence-electron chi connectivity index (χ0n) is 14.7. The second-order valence-electron chi connectivity index (χ2n) is 5.67. The van der Waals surface area contributed by atoms with Gasteiger partial charge >= 0.3 is 18.3 Å². The highest BCUT2D eigenvalue weighted by atomic mass is 32.1. The van der Waals surface area contributed by atoms with E-state index in [2.05, 4.69) is 10.6 Å². The van der Waals surface area contributed by atoms with Gasteiger partial charge in [-0.2, -0.15) is 26.3 Å². The highest BCUT2D eigenvalue weighted by molar-refractivity contribution is 7.80. The highest BCUT2D eigenvalue weighted by Gasteiger charge is 2.37. The van der Waals surface area contributed by atoms with Crippen LogP contribution in [0.4, 0.5) is 37.7 Å². The number of nitrogens with one attached hydrogen (secondary N) is 2. The molecule has 29 heavy (non-hydrogen) atoms. The maximum absolute atomic E-state index is 12.9. The summed E-state index contributed by atoms with van der Waals surface area (Å²) >= 11 is 4.94. The fourth-order valence-electron chi connectivity index (χ4n) is 2.22. The first kappa shape index (κ1) is 22.5. The number of ether oxygens (including phenoxy) is 1. The number of esters is 1. The largest absolute Gasteiger partial charge is 0.462 e. The van der Waals surface area contributed by atoms with Gasteiger partial charge in [0.2, 0.25) is 0 Å². The van der Waals surface area contributed by atoms with Crippen LogP contribution in [-0.2, 0) is 17.1 Å². The average Bonchev–Trinajstić information content (AvgIpc) is 2.60. The Kier molecular flexibility index (Phi) is 6.73. The van der Waals surface area contributed by atoms with E-state index in [9.17, 15) is 31.1 Å². The molecule has 0 heterocycles. The molecular formula is C18H14F6N2O2S. The fraction of sp³-hybridized carbons (Fsp3) is 0.222. The summed E-state index contributed by atoms with van der Waals surface area (Å²) in [6.07, 6.45) is -9.93. The lowest BCUT2D eigenvalue weighted by atomic mass is 10.1. The number of carbonyl (C=O) groups is 1. The zero-order chi connectivity index (χ0) is 21.8. The molecule has 0 saturated heterocycles. The number of hydrogen-bond acceptors (Lipinski definition) is 3. The van der Waals surface area contributed by atoms with Gasteiger partial charge in [-0.25, -0.2) is 4.79 Å². The summed E-state index contributed by atoms with van der Waals surface area (Å²) in [5.74, 6) is -0.539. The van der Waals surface area contributed by atoms with Gasteiger partial charge in [0.1, 0.15) is 0 Å². The van der Waals surface area contributed by atoms with Crippen LogP contribution in [-0.4, -0.2) is 17.7 Å². The Hall–Kier alpha value is -2.82. The molecule has 0 radical (unpaired) electrons. The Labute approximate surface area is 166 Å². The zero-order valence-corrected chi connectivity index (χ0v) is 15.6. The van der Waals surface area contributed by atoms with E-state index in [1.807, 2.05) is 0 Å². The molecular weight excluding hydrogens is 422 g/mol. The van der Waals surface area contributed by atoms with Crippen molar-refractivity contribution in [2.75, 3.05) is 17.2 Å². The van der Waals surface area contributed by atoms with Crippen LogP contribution in [0.2, 0.25) is 0 Å². The number of thiocarbonyl (C=S) groups is 1. The molecule has 0 spiro atoms. The van der Waals surface area contributed by atoms with E-state index in [-0.39, 0.29) is 23.3 Å². The lowest BCUT2D eigenvalue weighted by molar-refractivity contribution is -0.143. The molecule has 0 aromatic heterocycles.